The van der Waals surface area contributed by atoms with Crippen molar-refractivity contribution in [2.75, 3.05) is 18.8 Å². The van der Waals surface area contributed by atoms with E-state index in [9.17, 15) is 14.0 Å². The summed E-state index contributed by atoms with van der Waals surface area (Å²) in [6, 6.07) is 7.47. The first-order valence-corrected chi connectivity index (χ1v) is 9.55. The Kier molecular flexibility index (Phi) is 4.62. The van der Waals surface area contributed by atoms with Crippen LogP contribution in [0.4, 0.5) is 4.39 Å². The van der Waals surface area contributed by atoms with Crippen LogP contribution in [0.1, 0.15) is 10.4 Å². The third-order valence-electron chi connectivity index (χ3n) is 4.80. The molecular weight excluding hydrogens is 379 g/mol. The van der Waals surface area contributed by atoms with Gasteiger partial charge >= 0.3 is 0 Å². The van der Waals surface area contributed by atoms with Crippen molar-refractivity contribution in [1.29, 1.82) is 0 Å². The van der Waals surface area contributed by atoms with Gasteiger partial charge in [-0.15, -0.1) is 11.8 Å². The summed E-state index contributed by atoms with van der Waals surface area (Å²) >= 11 is 7.36. The number of rotatable bonds is 5. The average molecular weight is 395 g/mol. The number of likely N-dealkylation sites (tertiary alicyclic amines) is 1. The number of hydrogen-bond acceptors (Lipinski definition) is 4. The first-order valence-electron chi connectivity index (χ1n) is 8.19. The summed E-state index contributed by atoms with van der Waals surface area (Å²) in [6.07, 6.45) is 1.20. The number of H-pyrrole nitrogens is 1. The van der Waals surface area contributed by atoms with Crippen LogP contribution in [-0.4, -0.2) is 51.8 Å². The van der Waals surface area contributed by atoms with Gasteiger partial charge in [0.05, 0.1) is 11.9 Å². The lowest BCUT2D eigenvalue weighted by Crippen LogP contribution is -2.38. The zero-order chi connectivity index (χ0) is 18.3. The molecule has 2 amide bonds. The van der Waals surface area contributed by atoms with Gasteiger partial charge in [0.25, 0.3) is 5.91 Å². The number of aromatic nitrogens is 2. The number of nitrogens with one attached hydrogen (secondary N) is 2. The molecule has 0 radical (unpaired) electrons. The maximum Gasteiger partial charge on any atom is 0.260 e. The minimum atomic E-state index is -0.710. The number of piperidine rings is 1. The van der Waals surface area contributed by atoms with E-state index < -0.39 is 5.95 Å². The molecule has 6 nitrogen and oxygen atoms in total. The van der Waals surface area contributed by atoms with Crippen LogP contribution < -0.4 is 5.32 Å². The van der Waals surface area contributed by atoms with Gasteiger partial charge < -0.3 is 10.2 Å². The molecule has 136 valence electrons. The number of halogens is 2. The minimum Gasteiger partial charge on any atom is -0.352 e. The van der Waals surface area contributed by atoms with Gasteiger partial charge in [0.2, 0.25) is 11.9 Å². The van der Waals surface area contributed by atoms with Crippen molar-refractivity contribution in [1.82, 2.24) is 20.4 Å². The number of amides is 2. The molecule has 0 bridgehead atoms. The van der Waals surface area contributed by atoms with E-state index in [1.165, 1.54) is 18.0 Å². The lowest BCUT2D eigenvalue weighted by atomic mass is 10.3. The van der Waals surface area contributed by atoms with E-state index in [4.69, 9.17) is 11.6 Å². The second-order valence-corrected chi connectivity index (χ2v) is 7.96. The largest absolute Gasteiger partial charge is 0.352 e. The van der Waals surface area contributed by atoms with Crippen molar-refractivity contribution in [3.8, 4) is 0 Å². The summed E-state index contributed by atoms with van der Waals surface area (Å²) in [4.78, 5) is 26.9. The van der Waals surface area contributed by atoms with Crippen LogP contribution >= 0.6 is 23.4 Å². The average Bonchev–Trinajstić information content (AvgIpc) is 2.98. The van der Waals surface area contributed by atoms with Crippen LogP contribution in [0.3, 0.4) is 0 Å². The Morgan fingerprint density at radius 3 is 2.81 bits per heavy atom. The zero-order valence-electron chi connectivity index (χ0n) is 13.6. The van der Waals surface area contributed by atoms with Crippen molar-refractivity contribution < 1.29 is 14.0 Å². The molecule has 26 heavy (non-hydrogen) atoms. The van der Waals surface area contributed by atoms with Crippen LogP contribution in [-0.2, 0) is 4.79 Å². The van der Waals surface area contributed by atoms with E-state index >= 15 is 0 Å². The summed E-state index contributed by atoms with van der Waals surface area (Å²) in [5, 5.41) is 9.33. The standard InChI is InChI=1S/C17H16ClFN4O2S/c18-9-2-1-3-10(4-9)26-8-14(24)21-15-12-6-23(7-13(12)15)17(25)11-5-20-22-16(11)19/h1-5,12-13,15H,6-8H2,(H,20,22)(H,21,24)/t12-,13+,15?. The molecule has 9 heteroatoms. The topological polar surface area (TPSA) is 78.1 Å². The molecule has 1 aromatic carbocycles. The number of thioether (sulfide) groups is 1. The maximum absolute atomic E-state index is 13.4. The molecule has 4 rings (SSSR count). The second-order valence-electron chi connectivity index (χ2n) is 6.47. The molecule has 1 aliphatic carbocycles. The number of carbonyl (C=O) groups excluding carboxylic acids is 2. The third kappa shape index (κ3) is 3.43. The SMILES string of the molecule is O=C(CSc1cccc(Cl)c1)NC1[C@H]2CN(C(=O)c3cn[nH]c3F)C[C@@H]12. The molecule has 1 saturated heterocycles. The fourth-order valence-electron chi connectivity index (χ4n) is 3.43. The van der Waals surface area contributed by atoms with Crippen LogP contribution in [0.25, 0.3) is 0 Å². The first kappa shape index (κ1) is 17.4. The highest BCUT2D eigenvalue weighted by atomic mass is 35.5. The number of carbonyl (C=O) groups is 2. The number of hydrogen-bond donors (Lipinski definition) is 2. The molecule has 1 saturated carbocycles. The Morgan fingerprint density at radius 2 is 2.15 bits per heavy atom. The molecule has 2 N–H and O–H groups in total. The molecule has 1 unspecified atom stereocenters. The number of aromatic amines is 1. The van der Waals surface area contributed by atoms with Gasteiger partial charge in [-0.05, 0) is 18.2 Å². The van der Waals surface area contributed by atoms with E-state index in [2.05, 4.69) is 15.5 Å². The van der Waals surface area contributed by atoms with Gasteiger partial charge in [-0.3, -0.25) is 14.7 Å². The van der Waals surface area contributed by atoms with Gasteiger partial charge in [0.1, 0.15) is 5.56 Å². The summed E-state index contributed by atoms with van der Waals surface area (Å²) < 4.78 is 13.4. The summed E-state index contributed by atoms with van der Waals surface area (Å²) in [6.45, 7) is 1.06. The van der Waals surface area contributed by atoms with Gasteiger partial charge in [-0.2, -0.15) is 9.49 Å². The Hall–Kier alpha value is -2.06. The molecule has 0 spiro atoms. The van der Waals surface area contributed by atoms with Crippen molar-refractivity contribution in [2.45, 2.75) is 10.9 Å². The smallest absolute Gasteiger partial charge is 0.260 e. The van der Waals surface area contributed by atoms with Crippen molar-refractivity contribution in [3.63, 3.8) is 0 Å². The van der Waals surface area contributed by atoms with Crippen LogP contribution in [0, 0.1) is 17.8 Å². The van der Waals surface area contributed by atoms with Gasteiger partial charge in [-0.25, -0.2) is 0 Å². The van der Waals surface area contributed by atoms with Crippen molar-refractivity contribution in [3.05, 3.63) is 47.0 Å². The van der Waals surface area contributed by atoms with E-state index in [0.717, 1.165) is 4.90 Å². The van der Waals surface area contributed by atoms with Gasteiger partial charge in [0, 0.05) is 40.9 Å². The number of benzene rings is 1. The summed E-state index contributed by atoms with van der Waals surface area (Å²) in [7, 11) is 0. The van der Waals surface area contributed by atoms with E-state index in [1.807, 2.05) is 18.2 Å². The monoisotopic (exact) mass is 394 g/mol. The highest BCUT2D eigenvalue weighted by Crippen LogP contribution is 2.45. The molecule has 2 fully saturated rings. The molecule has 2 aliphatic rings. The highest BCUT2D eigenvalue weighted by molar-refractivity contribution is 8.00. The normalized spacial score (nSPS) is 23.6. The van der Waals surface area contributed by atoms with Crippen molar-refractivity contribution in [2.24, 2.45) is 11.8 Å². The first-order chi connectivity index (χ1) is 12.5. The Balaban J connectivity index is 1.24. The van der Waals surface area contributed by atoms with E-state index in [-0.39, 0.29) is 35.3 Å². The lowest BCUT2D eigenvalue weighted by Gasteiger charge is -2.19. The second kappa shape index (κ2) is 6.92. The molecule has 1 aromatic heterocycles. The third-order valence-corrected chi connectivity index (χ3v) is 6.03. The molecule has 3 atom stereocenters. The van der Waals surface area contributed by atoms with Gasteiger partial charge in [-0.1, -0.05) is 17.7 Å². The molecule has 1 aliphatic heterocycles. The van der Waals surface area contributed by atoms with Gasteiger partial charge in [0.15, 0.2) is 0 Å². The fraction of sp³-hybridized carbons (Fsp3) is 0.353. The van der Waals surface area contributed by atoms with Crippen LogP contribution in [0.15, 0.2) is 35.4 Å². The predicted molar refractivity (Wildman–Crippen MR) is 95.5 cm³/mol. The molecule has 2 heterocycles. The zero-order valence-corrected chi connectivity index (χ0v) is 15.2. The quantitative estimate of drug-likeness (QED) is 0.762. The lowest BCUT2D eigenvalue weighted by molar-refractivity contribution is -0.118. The Morgan fingerprint density at radius 1 is 1.38 bits per heavy atom. The van der Waals surface area contributed by atoms with Crippen LogP contribution in [0.5, 0.6) is 0 Å². The fourth-order valence-corrected chi connectivity index (χ4v) is 4.45. The van der Waals surface area contributed by atoms with Crippen LogP contribution in [0.2, 0.25) is 5.02 Å². The van der Waals surface area contributed by atoms with E-state index in [0.29, 0.717) is 23.9 Å². The van der Waals surface area contributed by atoms with E-state index in [1.54, 1.807) is 11.0 Å². The number of nitrogens with zero attached hydrogens (tertiary/aromatic N) is 2. The minimum absolute atomic E-state index is 0.0341. The van der Waals surface area contributed by atoms with Crippen molar-refractivity contribution >= 4 is 35.2 Å². The maximum atomic E-state index is 13.4. The Labute approximate surface area is 158 Å². The predicted octanol–water partition coefficient (Wildman–Crippen LogP) is 2.18. The molecular formula is C17H16ClFN4O2S. The summed E-state index contributed by atoms with van der Waals surface area (Å²) in [5.74, 6) is -0.293. The molecule has 2 aromatic rings. The number of fused-ring (bicyclic) bond motifs is 1. The highest BCUT2D eigenvalue weighted by Gasteiger charge is 2.57. The Bertz CT molecular complexity index is 849. The summed E-state index contributed by atoms with van der Waals surface area (Å²) in [5.41, 5.74) is -0.0372.